The molecule has 1 aliphatic rings. The van der Waals surface area contributed by atoms with E-state index in [1.807, 2.05) is 13.8 Å². The molecule has 7 nitrogen and oxygen atoms in total. The molecule has 7 heteroatoms. The number of carbonyl (C=O) groups is 2. The molecule has 1 saturated heterocycles. The molecular formula is C13H20N4O3. The van der Waals surface area contributed by atoms with Gasteiger partial charge in [0.25, 0.3) is 5.91 Å². The van der Waals surface area contributed by atoms with Gasteiger partial charge in [0.15, 0.2) is 0 Å². The van der Waals surface area contributed by atoms with E-state index in [9.17, 15) is 9.59 Å². The molecule has 2 atom stereocenters. The number of hydrogen-bond acceptors (Lipinski definition) is 5. The third kappa shape index (κ3) is 3.95. The average molecular weight is 280 g/mol. The molecule has 1 aliphatic heterocycles. The van der Waals surface area contributed by atoms with Crippen molar-refractivity contribution in [3.8, 4) is 6.07 Å². The smallest absolute Gasteiger partial charge is 0.284 e. The maximum Gasteiger partial charge on any atom is 0.284 e. The highest BCUT2D eigenvalue weighted by Gasteiger charge is 2.29. The van der Waals surface area contributed by atoms with Crippen LogP contribution in [0.2, 0.25) is 0 Å². The summed E-state index contributed by atoms with van der Waals surface area (Å²) >= 11 is 0. The second-order valence-electron chi connectivity index (χ2n) is 4.85. The van der Waals surface area contributed by atoms with Gasteiger partial charge in [-0.25, -0.2) is 0 Å². The van der Waals surface area contributed by atoms with Crippen molar-refractivity contribution in [3.05, 3.63) is 0 Å². The van der Waals surface area contributed by atoms with E-state index in [0.717, 1.165) is 19.3 Å². The van der Waals surface area contributed by atoms with Crippen LogP contribution < -0.4 is 5.32 Å². The molecule has 0 saturated carbocycles. The van der Waals surface area contributed by atoms with Crippen molar-refractivity contribution in [1.29, 1.82) is 5.26 Å². The molecule has 110 valence electrons. The minimum atomic E-state index is -0.708. The van der Waals surface area contributed by atoms with Gasteiger partial charge in [0.2, 0.25) is 11.6 Å². The molecular weight excluding hydrogens is 260 g/mol. The Balaban J connectivity index is 2.57. The van der Waals surface area contributed by atoms with E-state index in [1.165, 1.54) is 7.11 Å². The van der Waals surface area contributed by atoms with Gasteiger partial charge in [-0.05, 0) is 33.1 Å². The molecule has 20 heavy (non-hydrogen) atoms. The maximum absolute atomic E-state index is 12.1. The summed E-state index contributed by atoms with van der Waals surface area (Å²) in [5, 5.41) is 14.4. The first-order valence-corrected chi connectivity index (χ1v) is 6.61. The highest BCUT2D eigenvalue weighted by molar-refractivity contribution is 6.45. The zero-order valence-corrected chi connectivity index (χ0v) is 12.0. The van der Waals surface area contributed by atoms with Crippen LogP contribution in [0, 0.1) is 11.3 Å². The Bertz CT molecular complexity index is 431. The lowest BCUT2D eigenvalue weighted by molar-refractivity contribution is -0.137. The van der Waals surface area contributed by atoms with Crippen LogP contribution >= 0.6 is 0 Å². The third-order valence-electron chi connectivity index (χ3n) is 3.39. The molecule has 1 heterocycles. The van der Waals surface area contributed by atoms with E-state index in [-0.39, 0.29) is 24.5 Å². The highest BCUT2D eigenvalue weighted by Crippen LogP contribution is 2.22. The monoisotopic (exact) mass is 280 g/mol. The Morgan fingerprint density at radius 3 is 2.50 bits per heavy atom. The van der Waals surface area contributed by atoms with Crippen LogP contribution in [0.3, 0.4) is 0 Å². The fourth-order valence-electron chi connectivity index (χ4n) is 2.45. The average Bonchev–Trinajstić information content (AvgIpc) is 2.42. The van der Waals surface area contributed by atoms with Crippen LogP contribution in [-0.4, -0.2) is 48.2 Å². The van der Waals surface area contributed by atoms with Crippen molar-refractivity contribution in [2.45, 2.75) is 45.2 Å². The van der Waals surface area contributed by atoms with Crippen LogP contribution in [0.5, 0.6) is 0 Å². The molecule has 0 aromatic carbocycles. The van der Waals surface area contributed by atoms with Gasteiger partial charge in [-0.2, -0.15) is 5.26 Å². The van der Waals surface area contributed by atoms with Gasteiger partial charge in [-0.15, -0.1) is 0 Å². The number of hydrogen-bond donors (Lipinski definition) is 1. The largest absolute Gasteiger partial charge is 0.398 e. The number of rotatable bonds is 4. The first-order chi connectivity index (χ1) is 9.51. The summed E-state index contributed by atoms with van der Waals surface area (Å²) < 4.78 is 0. The second kappa shape index (κ2) is 7.48. The van der Waals surface area contributed by atoms with Crippen LogP contribution in [0.1, 0.15) is 33.1 Å². The molecule has 2 unspecified atom stereocenters. The third-order valence-corrected chi connectivity index (χ3v) is 3.39. The quantitative estimate of drug-likeness (QED) is 0.596. The highest BCUT2D eigenvalue weighted by atomic mass is 16.6. The fraction of sp³-hybridized carbons (Fsp3) is 0.692. The molecule has 0 spiro atoms. The van der Waals surface area contributed by atoms with Crippen molar-refractivity contribution < 1.29 is 14.4 Å². The normalized spacial score (nSPS) is 22.9. The minimum Gasteiger partial charge on any atom is -0.398 e. The predicted molar refractivity (Wildman–Crippen MR) is 72.7 cm³/mol. The molecule has 0 aromatic rings. The molecule has 0 radical (unpaired) electrons. The van der Waals surface area contributed by atoms with Crippen molar-refractivity contribution in [2.24, 2.45) is 5.16 Å². The Hall–Kier alpha value is -2.10. The van der Waals surface area contributed by atoms with E-state index < -0.39 is 11.6 Å². The molecule has 2 amide bonds. The van der Waals surface area contributed by atoms with E-state index in [1.54, 1.807) is 11.0 Å². The Labute approximate surface area is 118 Å². The van der Waals surface area contributed by atoms with Gasteiger partial charge in [0.05, 0.1) is 6.54 Å². The number of nitrogens with zero attached hydrogens (tertiary/aromatic N) is 3. The number of nitriles is 1. The summed E-state index contributed by atoms with van der Waals surface area (Å²) in [4.78, 5) is 29.9. The molecule has 0 bridgehead atoms. The Morgan fingerprint density at radius 1 is 1.40 bits per heavy atom. The predicted octanol–water partition coefficient (Wildman–Crippen LogP) is 0.418. The maximum atomic E-state index is 12.1. The van der Waals surface area contributed by atoms with Crippen LogP contribution in [0.15, 0.2) is 5.16 Å². The van der Waals surface area contributed by atoms with E-state index in [0.29, 0.717) is 0 Å². The van der Waals surface area contributed by atoms with Gasteiger partial charge < -0.3 is 15.1 Å². The zero-order valence-electron chi connectivity index (χ0n) is 12.0. The van der Waals surface area contributed by atoms with E-state index >= 15 is 0 Å². The summed E-state index contributed by atoms with van der Waals surface area (Å²) in [5.41, 5.74) is -0.403. The lowest BCUT2D eigenvalue weighted by Gasteiger charge is -2.39. The van der Waals surface area contributed by atoms with Gasteiger partial charge in [-0.3, -0.25) is 9.59 Å². The Kier molecular flexibility index (Phi) is 5.97. The summed E-state index contributed by atoms with van der Waals surface area (Å²) in [6.07, 6.45) is 3.05. The SMILES string of the molecule is CO/N=C(\C#N)C(=O)NCC(=O)N1C(C)CCCC1C. The van der Waals surface area contributed by atoms with Crippen LogP contribution in [0.4, 0.5) is 0 Å². The molecule has 1 rings (SSSR count). The van der Waals surface area contributed by atoms with Crippen molar-refractivity contribution in [3.63, 3.8) is 0 Å². The number of piperidine rings is 1. The summed E-state index contributed by atoms with van der Waals surface area (Å²) in [5.74, 6) is -0.854. The van der Waals surface area contributed by atoms with Crippen molar-refractivity contribution in [1.82, 2.24) is 10.2 Å². The lowest BCUT2D eigenvalue weighted by atomic mass is 9.97. The van der Waals surface area contributed by atoms with Crippen LogP contribution in [-0.2, 0) is 14.4 Å². The summed E-state index contributed by atoms with van der Waals surface area (Å²) in [7, 11) is 1.24. The number of amides is 2. The first kappa shape index (κ1) is 16.0. The number of carbonyl (C=O) groups excluding carboxylic acids is 2. The standard InChI is InChI=1S/C13H20N4O3/c1-9-5-4-6-10(2)17(9)12(18)8-15-13(19)11(7-14)16-20-3/h9-10H,4-6,8H2,1-3H3,(H,15,19)/b16-11+. The summed E-state index contributed by atoms with van der Waals surface area (Å²) in [6, 6.07) is 1.96. The minimum absolute atomic E-state index is 0.141. The first-order valence-electron chi connectivity index (χ1n) is 6.61. The van der Waals surface area contributed by atoms with Gasteiger partial charge in [0, 0.05) is 12.1 Å². The van der Waals surface area contributed by atoms with Gasteiger partial charge >= 0.3 is 0 Å². The fourth-order valence-corrected chi connectivity index (χ4v) is 2.45. The number of likely N-dealkylation sites (tertiary alicyclic amines) is 1. The number of nitrogens with one attached hydrogen (secondary N) is 1. The Morgan fingerprint density at radius 2 is 2.00 bits per heavy atom. The number of oxime groups is 1. The molecule has 1 N–H and O–H groups in total. The second-order valence-corrected chi connectivity index (χ2v) is 4.85. The van der Waals surface area contributed by atoms with E-state index in [4.69, 9.17) is 5.26 Å². The summed E-state index contributed by atoms with van der Waals surface area (Å²) in [6.45, 7) is 3.86. The van der Waals surface area contributed by atoms with Crippen molar-refractivity contribution >= 4 is 17.5 Å². The lowest BCUT2D eigenvalue weighted by Crippen LogP contribution is -2.51. The van der Waals surface area contributed by atoms with Gasteiger partial charge in [0.1, 0.15) is 13.2 Å². The van der Waals surface area contributed by atoms with Gasteiger partial charge in [-0.1, -0.05) is 5.16 Å². The topological polar surface area (TPSA) is 94.8 Å². The molecule has 0 aromatic heterocycles. The van der Waals surface area contributed by atoms with Crippen molar-refractivity contribution in [2.75, 3.05) is 13.7 Å². The zero-order chi connectivity index (χ0) is 15.1. The van der Waals surface area contributed by atoms with Crippen LogP contribution in [0.25, 0.3) is 0 Å². The molecule has 1 fully saturated rings. The van der Waals surface area contributed by atoms with E-state index in [2.05, 4.69) is 15.3 Å². The molecule has 0 aliphatic carbocycles.